The zero-order valence-electron chi connectivity index (χ0n) is 17.3. The molecule has 0 atom stereocenters. The van der Waals surface area contributed by atoms with Crippen molar-refractivity contribution in [2.75, 3.05) is 24.4 Å². The highest BCUT2D eigenvalue weighted by Gasteiger charge is 2.12. The highest BCUT2D eigenvalue weighted by atomic mass is 32.1. The average Bonchev–Trinajstić information content (AvgIpc) is 3.15. The third-order valence-electron chi connectivity index (χ3n) is 4.27. The number of aryl methyl sites for hydroxylation is 1. The second kappa shape index (κ2) is 10.5. The van der Waals surface area contributed by atoms with E-state index in [4.69, 9.17) is 9.47 Å². The van der Waals surface area contributed by atoms with Crippen LogP contribution in [0.1, 0.15) is 24.8 Å². The molecule has 31 heavy (non-hydrogen) atoms. The van der Waals surface area contributed by atoms with Gasteiger partial charge in [-0.15, -0.1) is 11.3 Å². The number of ether oxygens (including phenoxy) is 2. The molecule has 162 valence electrons. The maximum absolute atomic E-state index is 12.2. The highest BCUT2D eigenvalue weighted by molar-refractivity contribution is 7.18. The van der Waals surface area contributed by atoms with Gasteiger partial charge in [0.05, 0.1) is 28.0 Å². The van der Waals surface area contributed by atoms with Crippen molar-refractivity contribution in [1.29, 1.82) is 0 Å². The van der Waals surface area contributed by atoms with Gasteiger partial charge < -0.3 is 20.1 Å². The Kier molecular flexibility index (Phi) is 7.55. The van der Waals surface area contributed by atoms with Gasteiger partial charge in [0.15, 0.2) is 6.61 Å². The Morgan fingerprint density at radius 1 is 1.10 bits per heavy atom. The van der Waals surface area contributed by atoms with E-state index in [1.165, 1.54) is 14.0 Å². The van der Waals surface area contributed by atoms with Crippen LogP contribution in [0.3, 0.4) is 0 Å². The molecule has 2 N–H and O–H groups in total. The molecule has 0 aliphatic rings. The van der Waals surface area contributed by atoms with Gasteiger partial charge in [-0.2, -0.15) is 0 Å². The summed E-state index contributed by atoms with van der Waals surface area (Å²) in [4.78, 5) is 39.9. The number of nitrogens with zero attached hydrogens (tertiary/aromatic N) is 1. The number of carbonyl (C=O) groups excluding carboxylic acids is 3. The van der Waals surface area contributed by atoms with Crippen molar-refractivity contribution >= 4 is 50.7 Å². The topological polar surface area (TPSA) is 107 Å². The van der Waals surface area contributed by atoms with Gasteiger partial charge in [0, 0.05) is 19.0 Å². The smallest absolute Gasteiger partial charge is 0.306 e. The molecule has 8 nitrogen and oxygen atoms in total. The number of hydrogen-bond acceptors (Lipinski definition) is 7. The first-order valence-corrected chi connectivity index (χ1v) is 10.5. The Balaban J connectivity index is 1.44. The minimum Gasteiger partial charge on any atom is -0.495 e. The first-order chi connectivity index (χ1) is 14.9. The van der Waals surface area contributed by atoms with Crippen molar-refractivity contribution < 1.29 is 23.9 Å². The molecule has 0 fully saturated rings. The Morgan fingerprint density at radius 2 is 1.90 bits per heavy atom. The van der Waals surface area contributed by atoms with Crippen molar-refractivity contribution in [1.82, 2.24) is 4.98 Å². The number of anilines is 2. The normalized spacial score (nSPS) is 10.5. The molecule has 2 amide bonds. The number of nitrogens with one attached hydrogen (secondary N) is 2. The van der Waals surface area contributed by atoms with Crippen molar-refractivity contribution in [3.8, 4) is 5.75 Å². The summed E-state index contributed by atoms with van der Waals surface area (Å²) in [5.41, 5.74) is 1.83. The van der Waals surface area contributed by atoms with E-state index < -0.39 is 18.5 Å². The van der Waals surface area contributed by atoms with Crippen LogP contribution in [0, 0.1) is 0 Å². The van der Waals surface area contributed by atoms with Gasteiger partial charge in [0.25, 0.3) is 5.91 Å². The van der Waals surface area contributed by atoms with E-state index in [0.29, 0.717) is 30.0 Å². The lowest BCUT2D eigenvalue weighted by atomic mass is 10.2. The number of aromatic nitrogens is 1. The van der Waals surface area contributed by atoms with Crippen molar-refractivity contribution in [3.05, 3.63) is 47.5 Å². The predicted octanol–water partition coefficient (Wildman–Crippen LogP) is 3.77. The molecule has 0 radical (unpaired) electrons. The molecule has 0 saturated heterocycles. The summed E-state index contributed by atoms with van der Waals surface area (Å²) < 4.78 is 11.4. The summed E-state index contributed by atoms with van der Waals surface area (Å²) in [7, 11) is 1.47. The lowest BCUT2D eigenvalue weighted by molar-refractivity contribution is -0.147. The largest absolute Gasteiger partial charge is 0.495 e. The molecule has 0 saturated carbocycles. The standard InChI is InChI=1S/C22H23N3O5S/c1-14(26)23-15-10-11-18(29-2)17(12-15)24-20(27)13-30-22(28)9-5-8-21-25-16-6-3-4-7-19(16)31-21/h3-4,6-7,10-12H,5,8-9,13H2,1-2H3,(H,23,26)(H,24,27). The SMILES string of the molecule is COc1ccc(NC(C)=O)cc1NC(=O)COC(=O)CCCc1nc2ccccc2s1. The van der Waals surface area contributed by atoms with Gasteiger partial charge in [-0.05, 0) is 43.2 Å². The lowest BCUT2D eigenvalue weighted by Gasteiger charge is -2.12. The zero-order chi connectivity index (χ0) is 22.2. The van der Waals surface area contributed by atoms with Gasteiger partial charge in [-0.25, -0.2) is 4.98 Å². The summed E-state index contributed by atoms with van der Waals surface area (Å²) in [6, 6.07) is 12.7. The van der Waals surface area contributed by atoms with Crippen LogP contribution < -0.4 is 15.4 Å². The molecule has 1 heterocycles. The Hall–Kier alpha value is -3.46. The first-order valence-electron chi connectivity index (χ1n) is 9.70. The van der Waals surface area contributed by atoms with E-state index in [1.807, 2.05) is 24.3 Å². The quantitative estimate of drug-likeness (QED) is 0.490. The molecule has 0 spiro atoms. The fraction of sp³-hybridized carbons (Fsp3) is 0.273. The molecule has 0 bridgehead atoms. The van der Waals surface area contributed by atoms with Crippen LogP contribution in [0.2, 0.25) is 0 Å². The van der Waals surface area contributed by atoms with Crippen LogP contribution in [-0.2, 0) is 25.5 Å². The number of rotatable bonds is 9. The molecule has 0 aliphatic heterocycles. The van der Waals surface area contributed by atoms with Gasteiger partial charge >= 0.3 is 5.97 Å². The molecule has 0 unspecified atom stereocenters. The molecule has 0 aliphatic carbocycles. The number of esters is 1. The van der Waals surface area contributed by atoms with E-state index in [9.17, 15) is 14.4 Å². The second-order valence-corrected chi connectivity index (χ2v) is 7.85. The maximum Gasteiger partial charge on any atom is 0.306 e. The monoisotopic (exact) mass is 441 g/mol. The lowest BCUT2D eigenvalue weighted by Crippen LogP contribution is -2.21. The van der Waals surface area contributed by atoms with Crippen LogP contribution in [-0.4, -0.2) is 36.5 Å². The van der Waals surface area contributed by atoms with Gasteiger partial charge in [-0.1, -0.05) is 12.1 Å². The van der Waals surface area contributed by atoms with E-state index in [0.717, 1.165) is 15.2 Å². The van der Waals surface area contributed by atoms with E-state index in [-0.39, 0.29) is 12.3 Å². The fourth-order valence-corrected chi connectivity index (χ4v) is 3.91. The second-order valence-electron chi connectivity index (χ2n) is 6.73. The number of carbonyl (C=O) groups is 3. The molecule has 3 rings (SSSR count). The molecule has 9 heteroatoms. The summed E-state index contributed by atoms with van der Waals surface area (Å²) in [6.45, 7) is 0.978. The van der Waals surface area contributed by atoms with Crippen LogP contribution in [0.25, 0.3) is 10.2 Å². The number of para-hydroxylation sites is 1. The number of benzene rings is 2. The van der Waals surface area contributed by atoms with Crippen LogP contribution in [0.4, 0.5) is 11.4 Å². The number of thiazole rings is 1. The Labute approximate surface area is 183 Å². The Bertz CT molecular complexity index is 1060. The van der Waals surface area contributed by atoms with Crippen molar-refractivity contribution in [2.24, 2.45) is 0 Å². The summed E-state index contributed by atoms with van der Waals surface area (Å²) >= 11 is 1.61. The number of methoxy groups -OCH3 is 1. The van der Waals surface area contributed by atoms with Crippen molar-refractivity contribution in [3.63, 3.8) is 0 Å². The fourth-order valence-electron chi connectivity index (χ4n) is 2.90. The molecule has 2 aromatic carbocycles. The Morgan fingerprint density at radius 3 is 2.65 bits per heavy atom. The van der Waals surface area contributed by atoms with E-state index >= 15 is 0 Å². The molecular formula is C22H23N3O5S. The van der Waals surface area contributed by atoms with Gasteiger partial charge in [0.2, 0.25) is 5.91 Å². The van der Waals surface area contributed by atoms with Gasteiger partial charge in [0.1, 0.15) is 5.75 Å². The third-order valence-corrected chi connectivity index (χ3v) is 5.36. The highest BCUT2D eigenvalue weighted by Crippen LogP contribution is 2.28. The number of fused-ring (bicyclic) bond motifs is 1. The summed E-state index contributed by atoms with van der Waals surface area (Å²) in [6.07, 6.45) is 1.46. The third kappa shape index (κ3) is 6.51. The van der Waals surface area contributed by atoms with Crippen LogP contribution >= 0.6 is 11.3 Å². The van der Waals surface area contributed by atoms with Gasteiger partial charge in [-0.3, -0.25) is 14.4 Å². The average molecular weight is 442 g/mol. The maximum atomic E-state index is 12.2. The number of amides is 2. The molecule has 1 aromatic heterocycles. The van der Waals surface area contributed by atoms with Crippen LogP contribution in [0.5, 0.6) is 5.75 Å². The van der Waals surface area contributed by atoms with E-state index in [2.05, 4.69) is 15.6 Å². The molecule has 3 aromatic rings. The molecular weight excluding hydrogens is 418 g/mol. The van der Waals surface area contributed by atoms with Crippen molar-refractivity contribution in [2.45, 2.75) is 26.2 Å². The summed E-state index contributed by atoms with van der Waals surface area (Å²) in [5.74, 6) is -0.764. The predicted molar refractivity (Wildman–Crippen MR) is 119 cm³/mol. The summed E-state index contributed by atoms with van der Waals surface area (Å²) in [5, 5.41) is 6.23. The number of hydrogen-bond donors (Lipinski definition) is 2. The minimum atomic E-state index is -0.502. The first kappa shape index (κ1) is 22.2. The zero-order valence-corrected chi connectivity index (χ0v) is 18.1. The van der Waals surface area contributed by atoms with Crippen LogP contribution in [0.15, 0.2) is 42.5 Å². The minimum absolute atomic E-state index is 0.199. The van der Waals surface area contributed by atoms with E-state index in [1.54, 1.807) is 29.5 Å².